The number of hydrogen-bond acceptors (Lipinski definition) is 11. The van der Waals surface area contributed by atoms with Crippen LogP contribution in [0.4, 0.5) is 24.5 Å². The number of piperazine rings is 1. The minimum absolute atomic E-state index is 0.143. The molecule has 3 aliphatic rings. The van der Waals surface area contributed by atoms with E-state index in [4.69, 9.17) is 20.9 Å². The van der Waals surface area contributed by atoms with Gasteiger partial charge >= 0.3 is 13.0 Å². The van der Waals surface area contributed by atoms with Gasteiger partial charge in [0.05, 0.1) is 30.8 Å². The number of carbonyl (C=O) groups excluding carboxylic acids is 1. The van der Waals surface area contributed by atoms with Crippen molar-refractivity contribution in [1.29, 1.82) is 0 Å². The van der Waals surface area contributed by atoms with E-state index >= 15 is 0 Å². The van der Waals surface area contributed by atoms with Crippen molar-refractivity contribution in [2.45, 2.75) is 67.8 Å². The second-order valence-electron chi connectivity index (χ2n) is 18.0. The number of nitrogens with one attached hydrogen (secondary N) is 2. The zero-order chi connectivity index (χ0) is 47.8. The Morgan fingerprint density at radius 1 is 0.925 bits per heavy atom. The van der Waals surface area contributed by atoms with Crippen molar-refractivity contribution < 1.29 is 40.2 Å². The van der Waals surface area contributed by atoms with Gasteiger partial charge in [-0.15, -0.1) is 11.8 Å². The normalized spacial score (nSPS) is 18.9. The number of amides is 1. The Hall–Kier alpha value is -3.86. The highest BCUT2D eigenvalue weighted by Crippen LogP contribution is 2.45. The van der Waals surface area contributed by atoms with E-state index in [1.165, 1.54) is 47.5 Å². The maximum absolute atomic E-state index is 14.5. The lowest BCUT2D eigenvalue weighted by Gasteiger charge is -2.39. The molecule has 2 fully saturated rings. The number of benzene rings is 4. The van der Waals surface area contributed by atoms with E-state index in [1.807, 2.05) is 42.5 Å². The van der Waals surface area contributed by atoms with Crippen LogP contribution in [-0.4, -0.2) is 114 Å². The van der Waals surface area contributed by atoms with Crippen LogP contribution in [0.5, 0.6) is 0 Å². The summed E-state index contributed by atoms with van der Waals surface area (Å²) in [5, 5.41) is 5.83. The molecule has 0 saturated carbocycles. The largest absolute Gasteiger partial charge is 0.501 e. The Morgan fingerprint density at radius 2 is 1.61 bits per heavy atom. The van der Waals surface area contributed by atoms with Gasteiger partial charge < -0.3 is 19.5 Å². The average molecular weight is 1000 g/mol. The van der Waals surface area contributed by atoms with Gasteiger partial charge in [-0.2, -0.15) is 13.2 Å². The monoisotopic (exact) mass is 1000 g/mol. The molecule has 1 amide bonds. The molecule has 11 nitrogen and oxygen atoms in total. The van der Waals surface area contributed by atoms with Crippen LogP contribution in [-0.2, 0) is 23.7 Å². The first-order valence-electron chi connectivity index (χ1n) is 22.7. The number of allylic oxidation sites excluding steroid dienone is 1. The summed E-state index contributed by atoms with van der Waals surface area (Å²) in [4.78, 5) is 20.5. The third-order valence-electron chi connectivity index (χ3n) is 12.6. The predicted molar refractivity (Wildman–Crippen MR) is 264 cm³/mol. The highest BCUT2D eigenvalue weighted by molar-refractivity contribution is 7.99. The molecule has 0 spiro atoms. The average Bonchev–Trinajstić information content (AvgIpc) is 3.31. The second-order valence-corrected chi connectivity index (χ2v) is 23.5. The lowest BCUT2D eigenvalue weighted by Crippen LogP contribution is -2.47. The van der Waals surface area contributed by atoms with Crippen LogP contribution in [0.15, 0.2) is 112 Å². The number of anilines is 2. The van der Waals surface area contributed by atoms with Crippen LogP contribution in [0.25, 0.3) is 5.57 Å². The maximum Gasteiger partial charge on any atom is 0.501 e. The second kappa shape index (κ2) is 22.3. The SMILES string of the molecule is CCO[P@@](=O)(NC(=O)c1ccc(N2CCN(CC3=C(c4ccc(Cl)cc4)CCC(C)(C)C3)CC2)cc1)c1ccc(N[C@H](CCN2CCOCC2)CSc2ccccc2)c(S(=O)(=O)C(F)(F)F)c1. The molecule has 2 atom stereocenters. The smallest absolute Gasteiger partial charge is 0.380 e. The molecule has 2 heterocycles. The standard InChI is InChI=1S/C49H60ClF3N5O6PS2/c1-4-64-65(60,42-18-19-45(46(32-42)67(61,62)49(51,52)53)54-40(21-23-56-28-30-63-31-29-56)35-66-43-8-6-5-7-9-43)55-47(59)37-12-16-41(17-13-37)58-26-24-57(25-27-58)34-38-33-48(2,3)22-20-44(38)36-10-14-39(50)15-11-36/h5-19,32,40,54H,4,20-31,33-35H2,1-3H3,(H,55,59,60)/t40-,65-/m1/s1. The zero-order valence-electron chi connectivity index (χ0n) is 38.2. The third-order valence-corrected chi connectivity index (χ3v) is 17.6. The first-order chi connectivity index (χ1) is 31.9. The number of morpholine rings is 1. The highest BCUT2D eigenvalue weighted by Gasteiger charge is 2.49. The Bertz CT molecular complexity index is 2500. The fraction of sp³-hybridized carbons (Fsp3) is 0.449. The van der Waals surface area contributed by atoms with Crippen molar-refractivity contribution in [3.05, 3.63) is 119 Å². The fourth-order valence-electron chi connectivity index (χ4n) is 8.83. The molecule has 0 aromatic heterocycles. The molecule has 0 bridgehead atoms. The lowest BCUT2D eigenvalue weighted by atomic mass is 9.73. The molecule has 0 radical (unpaired) electrons. The van der Waals surface area contributed by atoms with Gasteiger partial charge in [-0.05, 0) is 116 Å². The Labute approximate surface area is 402 Å². The molecule has 7 rings (SSSR count). The first-order valence-corrected chi connectivity index (χ1v) is 27.2. The summed E-state index contributed by atoms with van der Waals surface area (Å²) in [5.41, 5.74) is -0.595. The van der Waals surface area contributed by atoms with Crippen LogP contribution in [0.3, 0.4) is 0 Å². The number of alkyl halides is 3. The predicted octanol–water partition coefficient (Wildman–Crippen LogP) is 10.00. The van der Waals surface area contributed by atoms with Gasteiger partial charge in [0.25, 0.3) is 15.7 Å². The third kappa shape index (κ3) is 13.3. The topological polar surface area (TPSA) is 121 Å². The van der Waals surface area contributed by atoms with E-state index < -0.39 is 45.0 Å². The number of ether oxygens (including phenoxy) is 1. The zero-order valence-corrected chi connectivity index (χ0v) is 41.5. The number of sulfone groups is 1. The van der Waals surface area contributed by atoms with Crippen molar-refractivity contribution >= 4 is 68.9 Å². The lowest BCUT2D eigenvalue weighted by molar-refractivity contribution is -0.0435. The molecule has 362 valence electrons. The number of hydrogen-bond donors (Lipinski definition) is 2. The Morgan fingerprint density at radius 3 is 2.27 bits per heavy atom. The molecule has 2 saturated heterocycles. The van der Waals surface area contributed by atoms with Crippen molar-refractivity contribution in [2.24, 2.45) is 5.41 Å². The molecule has 4 aromatic rings. The summed E-state index contributed by atoms with van der Waals surface area (Å²) in [6.07, 6.45) is 3.68. The van der Waals surface area contributed by atoms with Gasteiger partial charge in [0.15, 0.2) is 0 Å². The summed E-state index contributed by atoms with van der Waals surface area (Å²) < 4.78 is 95.3. The van der Waals surface area contributed by atoms with Crippen molar-refractivity contribution in [3.8, 4) is 0 Å². The summed E-state index contributed by atoms with van der Waals surface area (Å²) in [6, 6.07) is 27.1. The highest BCUT2D eigenvalue weighted by atomic mass is 35.5. The maximum atomic E-state index is 14.5. The van der Waals surface area contributed by atoms with E-state index in [1.54, 1.807) is 24.3 Å². The van der Waals surface area contributed by atoms with Crippen molar-refractivity contribution in [1.82, 2.24) is 14.9 Å². The first kappa shape index (κ1) is 51.0. The molecular weight excluding hydrogens is 942 g/mol. The van der Waals surface area contributed by atoms with Crippen molar-refractivity contribution in [3.63, 3.8) is 0 Å². The van der Waals surface area contributed by atoms with Crippen LogP contribution in [0.1, 0.15) is 62.4 Å². The van der Waals surface area contributed by atoms with Gasteiger partial charge in [0, 0.05) is 85.3 Å². The minimum atomic E-state index is -5.98. The number of rotatable bonds is 18. The van der Waals surface area contributed by atoms with E-state index in [9.17, 15) is 30.9 Å². The van der Waals surface area contributed by atoms with Gasteiger partial charge in [-0.3, -0.25) is 24.2 Å². The number of nitrogens with zero attached hydrogens (tertiary/aromatic N) is 3. The van der Waals surface area contributed by atoms with Gasteiger partial charge in [-0.1, -0.05) is 61.4 Å². The quantitative estimate of drug-likeness (QED) is 0.0733. The van der Waals surface area contributed by atoms with Crippen LogP contribution < -0.4 is 20.6 Å². The van der Waals surface area contributed by atoms with Crippen LogP contribution in [0.2, 0.25) is 5.02 Å². The van der Waals surface area contributed by atoms with Crippen molar-refractivity contribution in [2.75, 3.05) is 88.1 Å². The minimum Gasteiger partial charge on any atom is -0.380 e. The van der Waals surface area contributed by atoms with Gasteiger partial charge in [0.2, 0.25) is 0 Å². The van der Waals surface area contributed by atoms with Gasteiger partial charge in [-0.25, -0.2) is 8.42 Å². The van der Waals surface area contributed by atoms with E-state index in [0.717, 1.165) is 67.6 Å². The summed E-state index contributed by atoms with van der Waals surface area (Å²) in [7, 11) is -10.5. The molecule has 18 heteroatoms. The molecule has 4 aromatic carbocycles. The van der Waals surface area contributed by atoms with Crippen LogP contribution >= 0.6 is 30.9 Å². The molecule has 0 unspecified atom stereocenters. The van der Waals surface area contributed by atoms with E-state index in [-0.39, 0.29) is 23.3 Å². The fourth-order valence-corrected chi connectivity index (χ4v) is 12.7. The number of thioether (sulfide) groups is 1. The number of halogens is 4. The van der Waals surface area contributed by atoms with E-state index in [0.29, 0.717) is 51.1 Å². The Balaban J connectivity index is 1.05. The summed E-state index contributed by atoms with van der Waals surface area (Å²) in [5.74, 6) is -0.384. The van der Waals surface area contributed by atoms with E-state index in [2.05, 4.69) is 51.1 Å². The molecule has 67 heavy (non-hydrogen) atoms. The molecule has 2 N–H and O–H groups in total. The molecule has 2 aliphatic heterocycles. The van der Waals surface area contributed by atoms with Gasteiger partial charge in [0.1, 0.15) is 4.90 Å². The molecular formula is C49H60ClF3N5O6PS2. The Kier molecular flexibility index (Phi) is 16.9. The van der Waals surface area contributed by atoms with Crippen LogP contribution in [0, 0.1) is 5.41 Å². The molecule has 1 aliphatic carbocycles. The summed E-state index contributed by atoms with van der Waals surface area (Å²) >= 11 is 7.69. The summed E-state index contributed by atoms with van der Waals surface area (Å²) in [6.45, 7) is 13.3. The number of carbonyl (C=O) groups is 1.